The quantitative estimate of drug-likeness (QED) is 0.901. The van der Waals surface area contributed by atoms with Gasteiger partial charge in [0.1, 0.15) is 5.82 Å². The van der Waals surface area contributed by atoms with E-state index in [2.05, 4.69) is 30.9 Å². The van der Waals surface area contributed by atoms with Gasteiger partial charge in [0.25, 0.3) is 0 Å². The van der Waals surface area contributed by atoms with E-state index in [4.69, 9.17) is 0 Å². The summed E-state index contributed by atoms with van der Waals surface area (Å²) in [4.78, 5) is 4.24. The molecule has 0 saturated heterocycles. The Morgan fingerprint density at radius 1 is 1.30 bits per heavy atom. The van der Waals surface area contributed by atoms with Gasteiger partial charge in [0.2, 0.25) is 11.7 Å². The molecule has 1 aliphatic rings. The maximum Gasteiger partial charge on any atom is 0.248 e. The van der Waals surface area contributed by atoms with Gasteiger partial charge in [-0.2, -0.15) is 5.21 Å². The van der Waals surface area contributed by atoms with Crippen LogP contribution in [0.2, 0.25) is 0 Å². The Balaban J connectivity index is 1.75. The van der Waals surface area contributed by atoms with Crippen LogP contribution in [0.4, 0.5) is 14.6 Å². The minimum Gasteiger partial charge on any atom is -0.367 e. The average Bonchev–Trinajstić information content (AvgIpc) is 2.96. The molecule has 2 heterocycles. The van der Waals surface area contributed by atoms with Crippen LogP contribution in [0.5, 0.6) is 0 Å². The lowest BCUT2D eigenvalue weighted by atomic mass is 9.92. The number of nitrogens with one attached hydrogen (secondary N) is 2. The van der Waals surface area contributed by atoms with Crippen molar-refractivity contribution in [1.29, 1.82) is 0 Å². The second-order valence-electron chi connectivity index (χ2n) is 4.91. The monoisotopic (exact) mass is 280 g/mol. The van der Waals surface area contributed by atoms with Crippen molar-refractivity contribution >= 4 is 5.82 Å². The molecule has 1 fully saturated rings. The minimum atomic E-state index is -2.53. The molecule has 0 unspecified atom stereocenters. The highest BCUT2D eigenvalue weighted by Crippen LogP contribution is 2.34. The van der Waals surface area contributed by atoms with Gasteiger partial charge in [0, 0.05) is 25.1 Å². The fraction of sp³-hybridized carbons (Fsp3) is 0.500. The van der Waals surface area contributed by atoms with Gasteiger partial charge in [-0.15, -0.1) is 10.2 Å². The van der Waals surface area contributed by atoms with Gasteiger partial charge in [-0.3, -0.25) is 0 Å². The summed E-state index contributed by atoms with van der Waals surface area (Å²) in [6.45, 7) is 0. The molecule has 20 heavy (non-hydrogen) atoms. The van der Waals surface area contributed by atoms with Crippen LogP contribution in [0.1, 0.15) is 25.7 Å². The van der Waals surface area contributed by atoms with Crippen LogP contribution in [0.15, 0.2) is 18.3 Å². The number of aromatic nitrogens is 5. The van der Waals surface area contributed by atoms with Crippen molar-refractivity contribution < 1.29 is 8.78 Å². The third-order valence-corrected chi connectivity index (χ3v) is 3.45. The fourth-order valence-corrected chi connectivity index (χ4v) is 2.35. The zero-order valence-corrected chi connectivity index (χ0v) is 10.7. The number of H-pyrrole nitrogens is 1. The Morgan fingerprint density at radius 2 is 2.10 bits per heavy atom. The van der Waals surface area contributed by atoms with Crippen molar-refractivity contribution in [3.8, 4) is 11.4 Å². The Morgan fingerprint density at radius 3 is 2.80 bits per heavy atom. The third-order valence-electron chi connectivity index (χ3n) is 3.45. The summed E-state index contributed by atoms with van der Waals surface area (Å²) in [5.74, 6) is -1.50. The van der Waals surface area contributed by atoms with Gasteiger partial charge in [-0.05, 0) is 30.2 Å². The van der Waals surface area contributed by atoms with Gasteiger partial charge >= 0.3 is 0 Å². The first-order chi connectivity index (χ1) is 9.64. The Labute approximate surface area is 114 Å². The normalized spacial score (nSPS) is 18.9. The van der Waals surface area contributed by atoms with Gasteiger partial charge in [-0.1, -0.05) is 0 Å². The maximum atomic E-state index is 13.1. The lowest BCUT2D eigenvalue weighted by Gasteiger charge is -2.29. The summed E-state index contributed by atoms with van der Waals surface area (Å²) in [6, 6.07) is 3.58. The van der Waals surface area contributed by atoms with Crippen LogP contribution in [0.25, 0.3) is 11.4 Å². The molecule has 1 aliphatic carbocycles. The lowest BCUT2D eigenvalue weighted by Crippen LogP contribution is -2.32. The predicted octanol–water partition coefficient (Wildman–Crippen LogP) is 2.25. The standard InChI is InChI=1S/C12H14F2N6/c13-12(14)5-3-8(4-6-12)16-10-9(2-1-7-15-10)11-17-19-20-18-11/h1-2,7-8H,3-6H2,(H,15,16)(H,17,18,19,20). The summed E-state index contributed by atoms with van der Waals surface area (Å²) in [6.07, 6.45) is 2.32. The first-order valence-corrected chi connectivity index (χ1v) is 6.47. The number of hydrogen-bond donors (Lipinski definition) is 2. The summed E-state index contributed by atoms with van der Waals surface area (Å²) < 4.78 is 26.3. The Bertz CT molecular complexity index is 561. The number of tetrazole rings is 1. The molecule has 0 aliphatic heterocycles. The number of pyridine rings is 1. The van der Waals surface area contributed by atoms with Crippen molar-refractivity contribution in [1.82, 2.24) is 25.6 Å². The molecule has 6 nitrogen and oxygen atoms in total. The van der Waals surface area contributed by atoms with Crippen molar-refractivity contribution in [2.75, 3.05) is 5.32 Å². The highest BCUT2D eigenvalue weighted by Gasteiger charge is 2.35. The van der Waals surface area contributed by atoms with Crippen molar-refractivity contribution in [3.63, 3.8) is 0 Å². The Hall–Kier alpha value is -2.12. The molecule has 2 aromatic heterocycles. The van der Waals surface area contributed by atoms with Crippen LogP contribution >= 0.6 is 0 Å². The maximum absolute atomic E-state index is 13.1. The molecular formula is C12H14F2N6. The third kappa shape index (κ3) is 2.73. The molecule has 1 saturated carbocycles. The molecule has 8 heteroatoms. The van der Waals surface area contributed by atoms with E-state index in [0.717, 1.165) is 0 Å². The van der Waals surface area contributed by atoms with Gasteiger partial charge in [0.05, 0.1) is 5.56 Å². The summed E-state index contributed by atoms with van der Waals surface area (Å²) in [5.41, 5.74) is 0.707. The largest absolute Gasteiger partial charge is 0.367 e. The highest BCUT2D eigenvalue weighted by atomic mass is 19.3. The number of alkyl halides is 2. The molecule has 2 N–H and O–H groups in total. The van der Waals surface area contributed by atoms with E-state index in [1.54, 1.807) is 12.3 Å². The first-order valence-electron chi connectivity index (χ1n) is 6.47. The van der Waals surface area contributed by atoms with Gasteiger partial charge in [-0.25, -0.2) is 13.8 Å². The van der Waals surface area contributed by atoms with Crippen molar-refractivity contribution in [3.05, 3.63) is 18.3 Å². The second kappa shape index (κ2) is 5.10. The fourth-order valence-electron chi connectivity index (χ4n) is 2.35. The molecule has 0 bridgehead atoms. The molecule has 0 atom stereocenters. The molecule has 0 spiro atoms. The topological polar surface area (TPSA) is 79.4 Å². The summed E-state index contributed by atoms with van der Waals surface area (Å²) in [5, 5.41) is 16.9. The molecule has 0 aromatic carbocycles. The van der Waals surface area contributed by atoms with Crippen molar-refractivity contribution in [2.24, 2.45) is 0 Å². The zero-order valence-electron chi connectivity index (χ0n) is 10.7. The highest BCUT2D eigenvalue weighted by molar-refractivity contribution is 5.69. The predicted molar refractivity (Wildman–Crippen MR) is 68.2 cm³/mol. The molecular weight excluding hydrogens is 266 g/mol. The average molecular weight is 280 g/mol. The van der Waals surface area contributed by atoms with E-state index in [1.807, 2.05) is 6.07 Å². The summed E-state index contributed by atoms with van der Waals surface area (Å²) >= 11 is 0. The minimum absolute atomic E-state index is 0.00447. The smallest absolute Gasteiger partial charge is 0.248 e. The van der Waals surface area contributed by atoms with Gasteiger partial charge in [0.15, 0.2) is 0 Å². The van der Waals surface area contributed by atoms with Gasteiger partial charge < -0.3 is 5.32 Å². The van der Waals surface area contributed by atoms with E-state index in [-0.39, 0.29) is 18.9 Å². The number of anilines is 1. The molecule has 3 rings (SSSR count). The van der Waals surface area contributed by atoms with E-state index in [0.29, 0.717) is 30.0 Å². The van der Waals surface area contributed by atoms with E-state index in [9.17, 15) is 8.78 Å². The van der Waals surface area contributed by atoms with Crippen LogP contribution in [0.3, 0.4) is 0 Å². The van der Waals surface area contributed by atoms with Crippen molar-refractivity contribution in [2.45, 2.75) is 37.6 Å². The number of rotatable bonds is 3. The molecule has 106 valence electrons. The van der Waals surface area contributed by atoms with E-state index in [1.165, 1.54) is 0 Å². The molecule has 2 aromatic rings. The number of nitrogens with zero attached hydrogens (tertiary/aromatic N) is 4. The SMILES string of the molecule is FC1(F)CCC(Nc2ncccc2-c2nn[nH]n2)CC1. The number of halogens is 2. The zero-order chi connectivity index (χ0) is 14.0. The summed E-state index contributed by atoms with van der Waals surface area (Å²) in [7, 11) is 0. The van der Waals surface area contributed by atoms with E-state index >= 15 is 0 Å². The van der Waals surface area contributed by atoms with Crippen LogP contribution in [-0.4, -0.2) is 37.6 Å². The van der Waals surface area contributed by atoms with Crippen LogP contribution in [-0.2, 0) is 0 Å². The Kier molecular flexibility index (Phi) is 3.29. The number of hydrogen-bond acceptors (Lipinski definition) is 5. The first kappa shape index (κ1) is 12.9. The number of aromatic amines is 1. The lowest BCUT2D eigenvalue weighted by molar-refractivity contribution is -0.0361. The molecule has 0 amide bonds. The second-order valence-corrected chi connectivity index (χ2v) is 4.91. The van der Waals surface area contributed by atoms with Crippen LogP contribution < -0.4 is 5.32 Å². The van der Waals surface area contributed by atoms with E-state index < -0.39 is 5.92 Å². The van der Waals surface area contributed by atoms with Crippen LogP contribution in [0, 0.1) is 0 Å². The molecule has 0 radical (unpaired) electrons.